The molecule has 3 heteroatoms. The van der Waals surface area contributed by atoms with Crippen molar-refractivity contribution < 1.29 is 17.0 Å². The summed E-state index contributed by atoms with van der Waals surface area (Å²) in [5, 5.41) is 1.14. The second-order valence-electron chi connectivity index (χ2n) is 7.77. The van der Waals surface area contributed by atoms with Gasteiger partial charge in [-0.3, -0.25) is 0 Å². The molecule has 0 saturated carbocycles. The Morgan fingerprint density at radius 2 is 0.963 bits per heavy atom. The van der Waals surface area contributed by atoms with E-state index in [1.54, 1.807) is 0 Å². The van der Waals surface area contributed by atoms with Crippen LogP contribution >= 0.6 is 0 Å². The molecule has 0 nitrogen and oxygen atoms in total. The van der Waals surface area contributed by atoms with Gasteiger partial charge in [-0.2, -0.15) is 0 Å². The zero-order valence-corrected chi connectivity index (χ0v) is 20.8. The molecule has 3 rings (SSSR count). The van der Waals surface area contributed by atoms with Crippen molar-refractivity contribution in [1.29, 1.82) is 0 Å². The van der Waals surface area contributed by atoms with Gasteiger partial charge in [-0.25, -0.2) is 0 Å². The Morgan fingerprint density at radius 1 is 0.630 bits per heavy atom. The summed E-state index contributed by atoms with van der Waals surface area (Å²) in [5.74, 6) is 0. The van der Waals surface area contributed by atoms with Gasteiger partial charge in [0.15, 0.2) is 0 Å². The molecule has 0 aliphatic carbocycles. The minimum absolute atomic E-state index is 0. The molecule has 0 bridgehead atoms. The molecule has 3 aromatic rings. The van der Waals surface area contributed by atoms with Crippen LogP contribution < -0.4 is 30.0 Å². The fourth-order valence-corrected chi connectivity index (χ4v) is 13.0. The van der Waals surface area contributed by atoms with E-state index in [1.807, 2.05) is 0 Å². The number of rotatable bonds is 6. The van der Waals surface area contributed by atoms with Gasteiger partial charge in [-0.1, -0.05) is 0 Å². The molecule has 0 aliphatic rings. The van der Waals surface area contributed by atoms with E-state index in [4.69, 9.17) is 0 Å². The molecular weight excluding hydrogens is 471 g/mol. The number of halogens is 1. The molecule has 0 radical (unpaired) electrons. The first-order chi connectivity index (χ1) is 12.5. The molecule has 0 saturated heterocycles. The molecule has 0 heterocycles. The van der Waals surface area contributed by atoms with Crippen molar-refractivity contribution in [3.63, 3.8) is 0 Å². The Hall–Kier alpha value is -1.34. The van der Waals surface area contributed by atoms with Gasteiger partial charge in [0, 0.05) is 0 Å². The molecule has 140 valence electrons. The number of hydrogen-bond acceptors (Lipinski definition) is 0. The van der Waals surface area contributed by atoms with Crippen molar-refractivity contribution >= 4 is 34.7 Å². The molecule has 0 unspecified atom stereocenters. The van der Waals surface area contributed by atoms with E-state index in [1.165, 1.54) is 13.1 Å². The first-order valence-corrected chi connectivity index (χ1v) is 17.0. The van der Waals surface area contributed by atoms with Crippen LogP contribution in [0, 0.1) is 0 Å². The molecule has 0 spiro atoms. The smallest absolute Gasteiger partial charge is 1.00 e. The monoisotopic (exact) mass is 498 g/mol. The van der Waals surface area contributed by atoms with Crippen LogP contribution in [0.2, 0.25) is 24.8 Å². The second kappa shape index (κ2) is 9.73. The van der Waals surface area contributed by atoms with Crippen LogP contribution in [-0.2, 0) is 0 Å². The predicted octanol–water partition coefficient (Wildman–Crippen LogP) is 1.59. The van der Waals surface area contributed by atoms with E-state index in [0.717, 1.165) is 5.21 Å². The average Bonchev–Trinajstić information content (AvgIpc) is 2.67. The predicted molar refractivity (Wildman–Crippen MR) is 121 cm³/mol. The topological polar surface area (TPSA) is 0 Å². The Kier molecular flexibility index (Phi) is 7.91. The summed E-state index contributed by atoms with van der Waals surface area (Å²) >= 11 is -2.54. The Morgan fingerprint density at radius 3 is 1.26 bits per heavy atom. The van der Waals surface area contributed by atoms with Gasteiger partial charge < -0.3 is 17.0 Å². The Balaban J connectivity index is 0.00000261. The quantitative estimate of drug-likeness (QED) is 0.453. The van der Waals surface area contributed by atoms with Gasteiger partial charge in [0.25, 0.3) is 0 Å². The summed E-state index contributed by atoms with van der Waals surface area (Å²) < 4.78 is 4.55. The molecule has 0 amide bonds. The number of hydrogen-bond donors (Lipinski definition) is 0. The third-order valence-corrected chi connectivity index (χ3v) is 14.8. The van der Waals surface area contributed by atoms with E-state index >= 15 is 0 Å². The molecule has 0 atom stereocenters. The fourth-order valence-electron chi connectivity index (χ4n) is 3.38. The maximum absolute atomic E-state index is 2.54. The normalized spacial score (nSPS) is 12.0. The average molecular weight is 499 g/mol. The van der Waals surface area contributed by atoms with Gasteiger partial charge in [-0.15, -0.1) is 0 Å². The van der Waals surface area contributed by atoms with Crippen molar-refractivity contribution in [1.82, 2.24) is 0 Å². The standard InChI is InChI=1S/C24H28AsSi.BrH/c1-26(2,3)21-13-20-25(22-14-7-4-8-15-22,23-16-9-5-10-17-23)24-18-11-6-12-19-24;/h4-19,21H,20H2,1-3H3;1H/q+1;/p-1/b21-13+;. The minimum Gasteiger partial charge on any atom is -1.00 e. The van der Waals surface area contributed by atoms with Gasteiger partial charge in [0.2, 0.25) is 0 Å². The van der Waals surface area contributed by atoms with Crippen molar-refractivity contribution in [2.24, 2.45) is 0 Å². The molecule has 0 aromatic heterocycles. The van der Waals surface area contributed by atoms with Gasteiger partial charge >= 0.3 is 162 Å². The van der Waals surface area contributed by atoms with Crippen LogP contribution in [0.1, 0.15) is 0 Å². The van der Waals surface area contributed by atoms with Crippen LogP contribution in [0.5, 0.6) is 0 Å². The van der Waals surface area contributed by atoms with Crippen molar-refractivity contribution in [3.8, 4) is 0 Å². The van der Waals surface area contributed by atoms with Crippen molar-refractivity contribution in [3.05, 3.63) is 103 Å². The first-order valence-electron chi connectivity index (χ1n) is 9.25. The maximum Gasteiger partial charge on any atom is -1.00 e. The fraction of sp³-hybridized carbons (Fsp3) is 0.167. The molecular formula is C24H28AsBrSi. The summed E-state index contributed by atoms with van der Waals surface area (Å²) in [6.45, 7) is 7.22. The summed E-state index contributed by atoms with van der Waals surface area (Å²) in [7, 11) is -1.21. The van der Waals surface area contributed by atoms with E-state index in [-0.39, 0.29) is 17.0 Å². The van der Waals surface area contributed by atoms with Crippen molar-refractivity contribution in [2.75, 3.05) is 0 Å². The molecule has 27 heavy (non-hydrogen) atoms. The van der Waals surface area contributed by atoms with Gasteiger partial charge in [0.05, 0.1) is 0 Å². The van der Waals surface area contributed by atoms with Crippen LogP contribution in [0.4, 0.5) is 0 Å². The summed E-state index contributed by atoms with van der Waals surface area (Å²) in [4.78, 5) is 0. The summed E-state index contributed by atoms with van der Waals surface area (Å²) in [5.41, 5.74) is 2.51. The maximum atomic E-state index is 2.51. The largest absolute Gasteiger partial charge is 1.00 e. The minimum atomic E-state index is -2.54. The van der Waals surface area contributed by atoms with E-state index < -0.39 is 21.6 Å². The van der Waals surface area contributed by atoms with E-state index in [2.05, 4.69) is 122 Å². The molecule has 0 aliphatic heterocycles. The van der Waals surface area contributed by atoms with E-state index in [0.29, 0.717) is 0 Å². The van der Waals surface area contributed by atoms with Crippen LogP contribution in [-0.4, -0.2) is 21.6 Å². The van der Waals surface area contributed by atoms with Crippen LogP contribution in [0.15, 0.2) is 103 Å². The first kappa shape index (κ1) is 21.9. The van der Waals surface area contributed by atoms with E-state index in [9.17, 15) is 0 Å². The SMILES string of the molecule is C[Si](C)(C)/C=C/C[As+](c1ccccc1)(c1ccccc1)c1ccccc1.[Br-]. The van der Waals surface area contributed by atoms with Gasteiger partial charge in [0.1, 0.15) is 0 Å². The van der Waals surface area contributed by atoms with Crippen molar-refractivity contribution in [2.45, 2.75) is 24.8 Å². The second-order valence-corrected chi connectivity index (χ2v) is 20.2. The Labute approximate surface area is 178 Å². The third kappa shape index (κ3) is 5.35. The van der Waals surface area contributed by atoms with Gasteiger partial charge in [-0.05, 0) is 0 Å². The Bertz CT molecular complexity index is 743. The molecule has 0 fully saturated rings. The number of benzene rings is 3. The third-order valence-electron chi connectivity index (χ3n) is 4.59. The zero-order chi connectivity index (χ0) is 18.5. The number of allylic oxidation sites excluding steroid dienone is 1. The summed E-state index contributed by atoms with van der Waals surface area (Å²) in [6.07, 6.45) is 2.49. The zero-order valence-electron chi connectivity index (χ0n) is 16.3. The molecule has 0 N–H and O–H groups in total. The summed E-state index contributed by atoms with van der Waals surface area (Å²) in [6, 6.07) is 33.6. The molecule has 3 aromatic carbocycles. The van der Waals surface area contributed by atoms with Crippen LogP contribution in [0.25, 0.3) is 0 Å². The van der Waals surface area contributed by atoms with Crippen LogP contribution in [0.3, 0.4) is 0 Å².